The first-order valence-electron chi connectivity index (χ1n) is 7.29. The lowest BCUT2D eigenvalue weighted by Crippen LogP contribution is -2.33. The number of guanidine groups is 1. The Morgan fingerprint density at radius 2 is 2.00 bits per heavy atom. The number of ether oxygens (including phenoxy) is 1. The third-order valence-corrected chi connectivity index (χ3v) is 3.73. The Balaban J connectivity index is 2.26. The number of methoxy groups -OCH3 is 1. The zero-order valence-electron chi connectivity index (χ0n) is 13.4. The Morgan fingerprint density at radius 1 is 1.22 bits per heavy atom. The number of rotatable bonds is 3. The molecule has 0 atom stereocenters. The number of furan rings is 1. The second kappa shape index (κ2) is 6.04. The van der Waals surface area contributed by atoms with Crippen LogP contribution < -0.4 is 15.4 Å². The van der Waals surface area contributed by atoms with Crippen LogP contribution in [-0.2, 0) is 0 Å². The fraction of sp³-hybridized carbons (Fsp3) is 0.167. The first kappa shape index (κ1) is 15.0. The summed E-state index contributed by atoms with van der Waals surface area (Å²) < 4.78 is 11.3. The first-order valence-corrected chi connectivity index (χ1v) is 7.29. The van der Waals surface area contributed by atoms with E-state index in [1.54, 1.807) is 25.3 Å². The van der Waals surface area contributed by atoms with Gasteiger partial charge < -0.3 is 14.9 Å². The molecule has 0 spiro atoms. The van der Waals surface area contributed by atoms with Gasteiger partial charge in [-0.05, 0) is 30.7 Å². The molecule has 0 saturated heterocycles. The van der Waals surface area contributed by atoms with E-state index in [0.29, 0.717) is 17.6 Å². The standard InChI is InChI=1S/C18H19N3O2/c1-12-8-9-16(22-3)15(10-12)21(18(19)20-2)17-14-7-5-4-6-13(14)11-23-17/h4-11H,1-3H3,(H2,19,20). The molecule has 1 heterocycles. The third-order valence-electron chi connectivity index (χ3n) is 3.73. The summed E-state index contributed by atoms with van der Waals surface area (Å²) in [4.78, 5) is 5.91. The molecule has 2 N–H and O–H groups in total. The van der Waals surface area contributed by atoms with Gasteiger partial charge in [-0.3, -0.25) is 4.99 Å². The van der Waals surface area contributed by atoms with Crippen molar-refractivity contribution >= 4 is 28.3 Å². The molecule has 0 aliphatic heterocycles. The zero-order valence-corrected chi connectivity index (χ0v) is 13.4. The van der Waals surface area contributed by atoms with E-state index in [-0.39, 0.29) is 0 Å². The minimum atomic E-state index is 0.328. The van der Waals surface area contributed by atoms with E-state index < -0.39 is 0 Å². The zero-order chi connectivity index (χ0) is 16.4. The molecular weight excluding hydrogens is 290 g/mol. The molecule has 0 aliphatic rings. The molecule has 118 valence electrons. The van der Waals surface area contributed by atoms with Gasteiger partial charge in [-0.2, -0.15) is 0 Å². The summed E-state index contributed by atoms with van der Waals surface area (Å²) in [7, 11) is 3.28. The number of nitrogens with two attached hydrogens (primary N) is 1. The minimum absolute atomic E-state index is 0.328. The number of hydrogen-bond acceptors (Lipinski definition) is 3. The Morgan fingerprint density at radius 3 is 2.74 bits per heavy atom. The highest BCUT2D eigenvalue weighted by atomic mass is 16.5. The average Bonchev–Trinajstić information content (AvgIpc) is 2.99. The Labute approximate surface area is 135 Å². The van der Waals surface area contributed by atoms with Gasteiger partial charge in [0.25, 0.3) is 0 Å². The average molecular weight is 309 g/mol. The Bertz CT molecular complexity index is 868. The molecule has 0 amide bonds. The van der Waals surface area contributed by atoms with Crippen LogP contribution in [0.5, 0.6) is 5.75 Å². The van der Waals surface area contributed by atoms with Crippen LogP contribution in [-0.4, -0.2) is 20.1 Å². The maximum absolute atomic E-state index is 6.17. The molecule has 3 aromatic rings. The van der Waals surface area contributed by atoms with Crippen molar-refractivity contribution < 1.29 is 9.15 Å². The number of aryl methyl sites for hydroxylation is 1. The number of hydrogen-bond donors (Lipinski definition) is 1. The number of nitrogens with zero attached hydrogens (tertiary/aromatic N) is 2. The van der Waals surface area contributed by atoms with Crippen molar-refractivity contribution in [2.75, 3.05) is 19.1 Å². The molecule has 0 unspecified atom stereocenters. The van der Waals surface area contributed by atoms with Crippen molar-refractivity contribution in [3.63, 3.8) is 0 Å². The number of aliphatic imine (C=N–C) groups is 1. The minimum Gasteiger partial charge on any atom is -0.495 e. The molecule has 1 aromatic heterocycles. The largest absolute Gasteiger partial charge is 0.495 e. The van der Waals surface area contributed by atoms with E-state index in [2.05, 4.69) is 4.99 Å². The van der Waals surface area contributed by atoms with Crippen LogP contribution >= 0.6 is 0 Å². The Kier molecular flexibility index (Phi) is 3.93. The predicted molar refractivity (Wildman–Crippen MR) is 93.6 cm³/mol. The van der Waals surface area contributed by atoms with Crippen LogP contribution in [0.25, 0.3) is 10.8 Å². The van der Waals surface area contributed by atoms with Gasteiger partial charge >= 0.3 is 0 Å². The molecule has 0 fully saturated rings. The van der Waals surface area contributed by atoms with Crippen LogP contribution in [0.2, 0.25) is 0 Å². The fourth-order valence-corrected chi connectivity index (χ4v) is 2.56. The van der Waals surface area contributed by atoms with Crippen LogP contribution in [0.4, 0.5) is 11.6 Å². The van der Waals surface area contributed by atoms with Gasteiger partial charge in [0.05, 0.1) is 12.8 Å². The van der Waals surface area contributed by atoms with Crippen molar-refractivity contribution in [1.29, 1.82) is 0 Å². The highest BCUT2D eigenvalue weighted by Crippen LogP contribution is 2.38. The van der Waals surface area contributed by atoms with E-state index in [4.69, 9.17) is 14.9 Å². The molecule has 5 nitrogen and oxygen atoms in total. The van der Waals surface area contributed by atoms with E-state index in [0.717, 1.165) is 22.0 Å². The van der Waals surface area contributed by atoms with Crippen molar-refractivity contribution in [3.8, 4) is 5.75 Å². The summed E-state index contributed by atoms with van der Waals surface area (Å²) in [6.07, 6.45) is 1.71. The van der Waals surface area contributed by atoms with E-state index in [1.807, 2.05) is 49.4 Å². The molecule has 0 aliphatic carbocycles. The highest BCUT2D eigenvalue weighted by molar-refractivity contribution is 6.08. The van der Waals surface area contributed by atoms with Gasteiger partial charge in [0.15, 0.2) is 0 Å². The number of benzene rings is 2. The van der Waals surface area contributed by atoms with Crippen molar-refractivity contribution in [3.05, 3.63) is 54.3 Å². The lowest BCUT2D eigenvalue weighted by atomic mass is 10.1. The molecule has 3 rings (SSSR count). The Hall–Kier alpha value is -2.95. The smallest absolute Gasteiger partial charge is 0.214 e. The van der Waals surface area contributed by atoms with Gasteiger partial charge in [-0.15, -0.1) is 0 Å². The fourth-order valence-electron chi connectivity index (χ4n) is 2.56. The summed E-state index contributed by atoms with van der Waals surface area (Å²) >= 11 is 0. The van der Waals surface area contributed by atoms with Gasteiger partial charge in [0, 0.05) is 17.8 Å². The van der Waals surface area contributed by atoms with Crippen molar-refractivity contribution in [2.24, 2.45) is 10.7 Å². The van der Waals surface area contributed by atoms with Crippen LogP contribution in [0, 0.1) is 6.92 Å². The molecule has 0 bridgehead atoms. The number of fused-ring (bicyclic) bond motifs is 1. The second-order valence-electron chi connectivity index (χ2n) is 5.22. The summed E-state index contributed by atoms with van der Waals surface area (Å²) in [5.41, 5.74) is 8.04. The quantitative estimate of drug-likeness (QED) is 0.590. The van der Waals surface area contributed by atoms with Gasteiger partial charge in [-0.25, -0.2) is 4.90 Å². The normalized spacial score (nSPS) is 11.7. The van der Waals surface area contributed by atoms with Gasteiger partial charge in [0.2, 0.25) is 11.8 Å². The SMILES string of the molecule is CN=C(N)N(c1cc(C)ccc1OC)c1occ2ccccc12. The summed E-state index contributed by atoms with van der Waals surface area (Å²) in [5.74, 6) is 1.64. The lowest BCUT2D eigenvalue weighted by molar-refractivity contribution is 0.415. The highest BCUT2D eigenvalue weighted by Gasteiger charge is 2.22. The second-order valence-corrected chi connectivity index (χ2v) is 5.22. The summed E-state index contributed by atoms with van der Waals surface area (Å²) in [6, 6.07) is 13.8. The van der Waals surface area contributed by atoms with Crippen LogP contribution in [0.15, 0.2) is 58.1 Å². The van der Waals surface area contributed by atoms with E-state index in [1.165, 1.54) is 0 Å². The lowest BCUT2D eigenvalue weighted by Gasteiger charge is -2.23. The molecule has 2 aromatic carbocycles. The van der Waals surface area contributed by atoms with Crippen LogP contribution in [0.1, 0.15) is 5.56 Å². The first-order chi connectivity index (χ1) is 11.2. The third kappa shape index (κ3) is 2.61. The molecule has 5 heteroatoms. The topological polar surface area (TPSA) is 64.0 Å². The van der Waals surface area contributed by atoms with Crippen molar-refractivity contribution in [2.45, 2.75) is 6.92 Å². The van der Waals surface area contributed by atoms with Crippen molar-refractivity contribution in [1.82, 2.24) is 0 Å². The molecule has 0 saturated carbocycles. The molecule has 23 heavy (non-hydrogen) atoms. The van der Waals surface area contributed by atoms with Gasteiger partial charge in [-0.1, -0.05) is 24.3 Å². The molecular formula is C18H19N3O2. The maximum atomic E-state index is 6.17. The van der Waals surface area contributed by atoms with Crippen LogP contribution in [0.3, 0.4) is 0 Å². The predicted octanol–water partition coefficient (Wildman–Crippen LogP) is 3.83. The summed E-state index contributed by atoms with van der Waals surface area (Å²) in [5, 5.41) is 1.96. The monoisotopic (exact) mass is 309 g/mol. The maximum Gasteiger partial charge on any atom is 0.214 e. The van der Waals surface area contributed by atoms with E-state index in [9.17, 15) is 0 Å². The number of anilines is 2. The van der Waals surface area contributed by atoms with Gasteiger partial charge in [0.1, 0.15) is 12.0 Å². The summed E-state index contributed by atoms with van der Waals surface area (Å²) in [6.45, 7) is 2.01. The molecule has 0 radical (unpaired) electrons. The van der Waals surface area contributed by atoms with E-state index >= 15 is 0 Å².